The Bertz CT molecular complexity index is 2000. The number of aryl methyl sites for hydroxylation is 1. The molecule has 15 heteroatoms. The number of hydrogen-bond acceptors (Lipinski definition) is 6. The fraction of sp³-hybridized carbons (Fsp3) is 0.450. The molecule has 3 amide bonds. The van der Waals surface area contributed by atoms with Gasteiger partial charge < -0.3 is 31.6 Å². The van der Waals surface area contributed by atoms with E-state index in [1.54, 1.807) is 6.07 Å². The summed E-state index contributed by atoms with van der Waals surface area (Å²) in [6.07, 6.45) is -1.05. The second-order valence-corrected chi connectivity index (χ2v) is 14.9. The van der Waals surface area contributed by atoms with Crippen LogP contribution < -0.4 is 21.7 Å². The average molecular weight is 768 g/mol. The lowest BCUT2D eigenvalue weighted by atomic mass is 9.81. The lowest BCUT2D eigenvalue weighted by Gasteiger charge is -2.29. The van der Waals surface area contributed by atoms with Crippen molar-refractivity contribution in [2.24, 2.45) is 17.6 Å². The van der Waals surface area contributed by atoms with E-state index in [4.69, 9.17) is 5.73 Å². The van der Waals surface area contributed by atoms with Gasteiger partial charge in [0.05, 0.1) is 11.0 Å². The molecule has 2 fully saturated rings. The molecule has 0 unspecified atom stereocenters. The van der Waals surface area contributed by atoms with Crippen LogP contribution in [0, 0.1) is 18.8 Å². The SMILES string of the molecule is Cc1cc(C(=O)NC2CCN(C)CC2)ccc1-c1ccc(C[C@H](NC(=O)[C@H]2CC[C@H](CN)CC2)C(=O)Nc2ccc3[nH]c(C(F)(F)C(F)(F)F)nc3c2)cc1. The highest BCUT2D eigenvalue weighted by Gasteiger charge is 2.61. The number of carbonyl (C=O) groups excluding carboxylic acids is 3. The van der Waals surface area contributed by atoms with E-state index in [1.807, 2.05) is 48.3 Å². The number of halogens is 5. The molecule has 6 N–H and O–H groups in total. The minimum absolute atomic E-state index is 0.0734. The van der Waals surface area contributed by atoms with Crippen LogP contribution in [-0.2, 0) is 21.9 Å². The van der Waals surface area contributed by atoms with Crippen LogP contribution in [0.1, 0.15) is 65.8 Å². The fourth-order valence-corrected chi connectivity index (χ4v) is 7.36. The van der Waals surface area contributed by atoms with E-state index in [0.717, 1.165) is 61.0 Å². The van der Waals surface area contributed by atoms with Gasteiger partial charge in [0.15, 0.2) is 5.82 Å². The smallest absolute Gasteiger partial charge is 0.349 e. The van der Waals surface area contributed by atoms with Crippen LogP contribution in [0.3, 0.4) is 0 Å². The molecule has 4 aromatic rings. The maximum atomic E-state index is 14.0. The number of amides is 3. The normalized spacial score (nSPS) is 19.2. The zero-order valence-corrected chi connectivity index (χ0v) is 30.7. The van der Waals surface area contributed by atoms with E-state index in [2.05, 4.69) is 32.9 Å². The van der Waals surface area contributed by atoms with E-state index >= 15 is 0 Å². The lowest BCUT2D eigenvalue weighted by Crippen LogP contribution is -2.48. The van der Waals surface area contributed by atoms with Crippen molar-refractivity contribution >= 4 is 34.4 Å². The molecule has 2 aliphatic rings. The van der Waals surface area contributed by atoms with Crippen LogP contribution in [-0.4, -0.2) is 77.5 Å². The van der Waals surface area contributed by atoms with Gasteiger partial charge >= 0.3 is 12.1 Å². The molecule has 2 heterocycles. The molecule has 0 spiro atoms. The molecule has 0 bridgehead atoms. The summed E-state index contributed by atoms with van der Waals surface area (Å²) in [6, 6.07) is 16.0. The molecule has 6 rings (SSSR count). The minimum Gasteiger partial charge on any atom is -0.349 e. The highest BCUT2D eigenvalue weighted by atomic mass is 19.4. The number of hydrogen-bond donors (Lipinski definition) is 5. The Morgan fingerprint density at radius 3 is 2.25 bits per heavy atom. The Labute approximate surface area is 315 Å². The van der Waals surface area contributed by atoms with Crippen molar-refractivity contribution in [3.05, 3.63) is 83.2 Å². The largest absolute Gasteiger partial charge is 0.461 e. The van der Waals surface area contributed by atoms with Crippen molar-refractivity contribution < 1.29 is 36.3 Å². The summed E-state index contributed by atoms with van der Waals surface area (Å²) in [5, 5.41) is 8.72. The van der Waals surface area contributed by atoms with Gasteiger partial charge in [-0.15, -0.1) is 0 Å². The highest BCUT2D eigenvalue weighted by molar-refractivity contribution is 5.99. The summed E-state index contributed by atoms with van der Waals surface area (Å²) < 4.78 is 66.8. The number of nitrogens with zero attached hydrogens (tertiary/aromatic N) is 2. The van der Waals surface area contributed by atoms with Crippen LogP contribution in [0.4, 0.5) is 27.6 Å². The summed E-state index contributed by atoms with van der Waals surface area (Å²) in [5.41, 5.74) is 9.72. The zero-order chi connectivity index (χ0) is 39.5. The number of carbonyl (C=O) groups is 3. The number of alkyl halides is 5. The monoisotopic (exact) mass is 767 g/mol. The van der Waals surface area contributed by atoms with Crippen LogP contribution in [0.5, 0.6) is 0 Å². The first kappa shape index (κ1) is 39.8. The third kappa shape index (κ3) is 9.33. The zero-order valence-electron chi connectivity index (χ0n) is 30.7. The topological polar surface area (TPSA) is 145 Å². The second-order valence-electron chi connectivity index (χ2n) is 14.9. The standard InChI is InChI=1S/C40H46F5N7O3/c1-23-19-28(36(54)47-29-15-17-52(2)18-16-29)11-13-31(23)26-7-3-24(4-8-26)20-34(49-35(53)27-9-5-25(22-46)6-10-27)37(55)48-30-12-14-32-33(21-30)51-38(50-32)39(41,42)40(43,44)45/h3-4,7-8,11-14,19,21,25,27,29,34H,5-6,9-10,15-18,20,22,46H2,1-2H3,(H,47,54)(H,48,55)(H,49,53)(H,50,51)/t25-,27-,34-/m0/s1. The molecule has 3 aromatic carbocycles. The Morgan fingerprint density at radius 2 is 1.62 bits per heavy atom. The van der Waals surface area contributed by atoms with Gasteiger partial charge in [-0.1, -0.05) is 30.3 Å². The van der Waals surface area contributed by atoms with Gasteiger partial charge in [-0.2, -0.15) is 22.0 Å². The summed E-state index contributed by atoms with van der Waals surface area (Å²) in [6.45, 7) is 4.37. The van der Waals surface area contributed by atoms with Gasteiger partial charge in [0.1, 0.15) is 6.04 Å². The fourth-order valence-electron chi connectivity index (χ4n) is 7.36. The van der Waals surface area contributed by atoms with Crippen LogP contribution in [0.15, 0.2) is 60.7 Å². The number of anilines is 1. The van der Waals surface area contributed by atoms with E-state index in [0.29, 0.717) is 30.9 Å². The third-order valence-corrected chi connectivity index (χ3v) is 10.8. The number of benzene rings is 3. The maximum absolute atomic E-state index is 14.0. The third-order valence-electron chi connectivity index (χ3n) is 10.8. The summed E-state index contributed by atoms with van der Waals surface area (Å²) in [5.74, 6) is -7.69. The van der Waals surface area contributed by atoms with E-state index in [1.165, 1.54) is 18.2 Å². The number of imidazole rings is 1. The first-order valence-corrected chi connectivity index (χ1v) is 18.6. The first-order valence-electron chi connectivity index (χ1n) is 18.6. The molecule has 1 aliphatic heterocycles. The Hall–Kier alpha value is -4.89. The predicted octanol–water partition coefficient (Wildman–Crippen LogP) is 6.45. The van der Waals surface area contributed by atoms with Gasteiger partial charge in [-0.05, 0) is 131 Å². The summed E-state index contributed by atoms with van der Waals surface area (Å²) >= 11 is 0. The second kappa shape index (κ2) is 16.5. The average Bonchev–Trinajstić information content (AvgIpc) is 3.60. The molecule has 1 saturated heterocycles. The summed E-state index contributed by atoms with van der Waals surface area (Å²) in [7, 11) is 2.07. The van der Waals surface area contributed by atoms with Gasteiger partial charge in [0, 0.05) is 29.6 Å². The Morgan fingerprint density at radius 1 is 0.927 bits per heavy atom. The van der Waals surface area contributed by atoms with Crippen LogP contribution in [0.2, 0.25) is 0 Å². The van der Waals surface area contributed by atoms with E-state index in [-0.39, 0.29) is 46.9 Å². The Kier molecular flexibility index (Phi) is 11.9. The molecule has 55 heavy (non-hydrogen) atoms. The van der Waals surface area contributed by atoms with Gasteiger partial charge in [0.25, 0.3) is 5.91 Å². The van der Waals surface area contributed by atoms with Gasteiger partial charge in [-0.25, -0.2) is 4.98 Å². The molecule has 1 atom stereocenters. The van der Waals surface area contributed by atoms with Crippen molar-refractivity contribution in [1.82, 2.24) is 25.5 Å². The molecule has 1 aromatic heterocycles. The van der Waals surface area contributed by atoms with Crippen molar-refractivity contribution in [2.75, 3.05) is 32.0 Å². The number of aromatic nitrogens is 2. The number of nitrogens with one attached hydrogen (secondary N) is 4. The molecule has 1 saturated carbocycles. The molecular formula is C40H46F5N7O3. The number of rotatable bonds is 11. The number of H-pyrrole nitrogens is 1. The number of piperidine rings is 1. The van der Waals surface area contributed by atoms with Crippen LogP contribution in [0.25, 0.3) is 22.2 Å². The van der Waals surface area contributed by atoms with Crippen LogP contribution >= 0.6 is 0 Å². The molecular weight excluding hydrogens is 721 g/mol. The quantitative estimate of drug-likeness (QED) is 0.111. The van der Waals surface area contributed by atoms with Gasteiger partial charge in [-0.3, -0.25) is 14.4 Å². The highest BCUT2D eigenvalue weighted by Crippen LogP contribution is 2.43. The van der Waals surface area contributed by atoms with Crippen molar-refractivity contribution in [1.29, 1.82) is 0 Å². The number of nitrogens with two attached hydrogens (primary N) is 1. The van der Waals surface area contributed by atoms with Crippen molar-refractivity contribution in [3.8, 4) is 11.1 Å². The van der Waals surface area contributed by atoms with E-state index < -0.39 is 29.9 Å². The predicted molar refractivity (Wildman–Crippen MR) is 199 cm³/mol. The molecule has 1 aliphatic carbocycles. The van der Waals surface area contributed by atoms with Crippen molar-refractivity contribution in [2.45, 2.75) is 76.1 Å². The molecule has 0 radical (unpaired) electrons. The summed E-state index contributed by atoms with van der Waals surface area (Å²) in [4.78, 5) is 47.9. The Balaban J connectivity index is 1.17. The molecule has 294 valence electrons. The molecule has 10 nitrogen and oxygen atoms in total. The number of fused-ring (bicyclic) bond motifs is 1. The number of aromatic amines is 1. The lowest BCUT2D eigenvalue weighted by molar-refractivity contribution is -0.292. The number of likely N-dealkylation sites (tertiary alicyclic amines) is 1. The van der Waals surface area contributed by atoms with Gasteiger partial charge in [0.2, 0.25) is 11.8 Å². The van der Waals surface area contributed by atoms with E-state index in [9.17, 15) is 36.3 Å². The van der Waals surface area contributed by atoms with Crippen molar-refractivity contribution in [3.63, 3.8) is 0 Å². The minimum atomic E-state index is -5.85. The maximum Gasteiger partial charge on any atom is 0.461 e. The first-order chi connectivity index (χ1) is 26.1.